The third-order valence-electron chi connectivity index (χ3n) is 2.27. The monoisotopic (exact) mass is 214 g/mol. The highest BCUT2D eigenvalue weighted by Gasteiger charge is 2.20. The first kappa shape index (κ1) is 9.04. The van der Waals surface area contributed by atoms with Crippen LogP contribution in [-0.4, -0.2) is 5.78 Å². The molecule has 0 bridgehead atoms. The number of rotatable bonds is 0. The average molecular weight is 215 g/mol. The summed E-state index contributed by atoms with van der Waals surface area (Å²) >= 11 is 11.8. The lowest BCUT2D eigenvalue weighted by atomic mass is 9.91. The Balaban J connectivity index is 2.63. The van der Waals surface area contributed by atoms with Crippen LogP contribution < -0.4 is 0 Å². The van der Waals surface area contributed by atoms with Gasteiger partial charge in [-0.2, -0.15) is 0 Å². The number of fused-ring (bicyclic) bond motifs is 1. The highest BCUT2D eigenvalue weighted by atomic mass is 35.5. The number of hydrogen-bond donors (Lipinski definition) is 0. The van der Waals surface area contributed by atoms with E-state index < -0.39 is 0 Å². The van der Waals surface area contributed by atoms with Crippen molar-refractivity contribution in [2.24, 2.45) is 0 Å². The summed E-state index contributed by atoms with van der Waals surface area (Å²) in [6, 6.07) is 3.46. The summed E-state index contributed by atoms with van der Waals surface area (Å²) < 4.78 is 0. The van der Waals surface area contributed by atoms with Crippen molar-refractivity contribution in [2.75, 3.05) is 0 Å². The lowest BCUT2D eigenvalue weighted by molar-refractivity contribution is 0.0972. The van der Waals surface area contributed by atoms with E-state index in [1.807, 2.05) is 6.07 Å². The van der Waals surface area contributed by atoms with Crippen molar-refractivity contribution in [1.29, 1.82) is 0 Å². The van der Waals surface area contributed by atoms with Crippen molar-refractivity contribution in [3.05, 3.63) is 33.3 Å². The Labute approximate surface area is 86.7 Å². The Kier molecular flexibility index (Phi) is 2.31. The summed E-state index contributed by atoms with van der Waals surface area (Å²) in [4.78, 5) is 11.5. The van der Waals surface area contributed by atoms with E-state index in [9.17, 15) is 4.79 Å². The summed E-state index contributed by atoms with van der Waals surface area (Å²) in [6.45, 7) is 0. The summed E-state index contributed by atoms with van der Waals surface area (Å²) in [7, 11) is 0. The molecule has 2 rings (SSSR count). The van der Waals surface area contributed by atoms with E-state index in [0.717, 1.165) is 18.4 Å². The molecule has 68 valence electrons. The summed E-state index contributed by atoms with van der Waals surface area (Å²) in [6.07, 6.45) is 2.41. The molecule has 0 unspecified atom stereocenters. The van der Waals surface area contributed by atoms with Crippen molar-refractivity contribution in [3.63, 3.8) is 0 Å². The largest absolute Gasteiger partial charge is 0.294 e. The highest BCUT2D eigenvalue weighted by Crippen LogP contribution is 2.30. The van der Waals surface area contributed by atoms with Gasteiger partial charge in [-0.1, -0.05) is 23.2 Å². The first-order chi connectivity index (χ1) is 6.18. The molecule has 0 amide bonds. The van der Waals surface area contributed by atoms with Crippen LogP contribution in [0, 0.1) is 0 Å². The number of Topliss-reactive ketones (excluding diaryl/α,β-unsaturated/α-hetero) is 1. The molecule has 1 aliphatic carbocycles. The van der Waals surface area contributed by atoms with Gasteiger partial charge in [0.25, 0.3) is 0 Å². The van der Waals surface area contributed by atoms with Crippen molar-refractivity contribution in [2.45, 2.75) is 19.3 Å². The van der Waals surface area contributed by atoms with Crippen LogP contribution in [0.1, 0.15) is 28.8 Å². The molecule has 13 heavy (non-hydrogen) atoms. The van der Waals surface area contributed by atoms with Crippen LogP contribution in [0.5, 0.6) is 0 Å². The van der Waals surface area contributed by atoms with Crippen LogP contribution in [-0.2, 0) is 6.42 Å². The molecule has 1 nitrogen and oxygen atoms in total. The number of carbonyl (C=O) groups excluding carboxylic acids is 1. The van der Waals surface area contributed by atoms with Crippen LogP contribution in [0.25, 0.3) is 0 Å². The maximum absolute atomic E-state index is 11.5. The lowest BCUT2D eigenvalue weighted by Crippen LogP contribution is -2.11. The minimum absolute atomic E-state index is 0.142. The Bertz CT molecular complexity index is 371. The fourth-order valence-corrected chi connectivity index (χ4v) is 2.34. The number of ketones is 1. The number of hydrogen-bond acceptors (Lipinski definition) is 1. The van der Waals surface area contributed by atoms with E-state index in [-0.39, 0.29) is 5.78 Å². The molecule has 0 heterocycles. The highest BCUT2D eigenvalue weighted by molar-refractivity contribution is 6.37. The lowest BCUT2D eigenvalue weighted by Gasteiger charge is -2.15. The molecule has 1 aromatic rings. The molecule has 0 aromatic heterocycles. The number of benzene rings is 1. The van der Waals surface area contributed by atoms with Crippen LogP contribution in [0.2, 0.25) is 10.0 Å². The van der Waals surface area contributed by atoms with Gasteiger partial charge >= 0.3 is 0 Å². The fraction of sp³-hybridized carbons (Fsp3) is 0.300. The van der Waals surface area contributed by atoms with Crippen LogP contribution >= 0.6 is 23.2 Å². The first-order valence-corrected chi connectivity index (χ1v) is 4.95. The molecule has 0 saturated carbocycles. The van der Waals surface area contributed by atoms with E-state index in [4.69, 9.17) is 23.2 Å². The molecular weight excluding hydrogens is 207 g/mol. The molecule has 1 aliphatic rings. The maximum atomic E-state index is 11.5. The molecule has 1 aromatic carbocycles. The smallest absolute Gasteiger partial charge is 0.164 e. The van der Waals surface area contributed by atoms with Gasteiger partial charge < -0.3 is 0 Å². The molecule has 0 saturated heterocycles. The third-order valence-corrected chi connectivity index (χ3v) is 2.78. The summed E-state index contributed by atoms with van der Waals surface area (Å²) in [5.74, 6) is 0.142. The zero-order valence-electron chi connectivity index (χ0n) is 6.94. The van der Waals surface area contributed by atoms with Crippen molar-refractivity contribution in [1.82, 2.24) is 0 Å². The van der Waals surface area contributed by atoms with E-state index in [1.54, 1.807) is 6.07 Å². The Morgan fingerprint density at radius 2 is 1.92 bits per heavy atom. The summed E-state index contributed by atoms with van der Waals surface area (Å²) in [5.41, 5.74) is 1.67. The van der Waals surface area contributed by atoms with Gasteiger partial charge in [0.1, 0.15) is 0 Å². The molecule has 3 heteroatoms. The Hall–Kier alpha value is -0.530. The average Bonchev–Trinajstić information content (AvgIpc) is 2.02. The first-order valence-electron chi connectivity index (χ1n) is 4.19. The SMILES string of the molecule is O=C1CCCc2cc(Cl)cc(Cl)c21. The van der Waals surface area contributed by atoms with Gasteiger partial charge in [0.15, 0.2) is 5.78 Å². The van der Waals surface area contributed by atoms with Gasteiger partial charge in [-0.05, 0) is 30.5 Å². The molecule has 0 aliphatic heterocycles. The van der Waals surface area contributed by atoms with Gasteiger partial charge in [0.2, 0.25) is 0 Å². The minimum atomic E-state index is 0.142. The number of carbonyl (C=O) groups is 1. The van der Waals surface area contributed by atoms with Gasteiger partial charge in [-0.15, -0.1) is 0 Å². The Morgan fingerprint density at radius 3 is 2.69 bits per heavy atom. The van der Waals surface area contributed by atoms with E-state index in [0.29, 0.717) is 22.0 Å². The molecule has 0 spiro atoms. The molecule has 0 atom stereocenters. The van der Waals surface area contributed by atoms with Gasteiger partial charge in [-0.3, -0.25) is 4.79 Å². The normalized spacial score (nSPS) is 15.7. The summed E-state index contributed by atoms with van der Waals surface area (Å²) in [5, 5.41) is 1.10. The quantitative estimate of drug-likeness (QED) is 0.647. The minimum Gasteiger partial charge on any atom is -0.294 e. The zero-order chi connectivity index (χ0) is 9.42. The van der Waals surface area contributed by atoms with Gasteiger partial charge in [0, 0.05) is 17.0 Å². The zero-order valence-corrected chi connectivity index (χ0v) is 8.45. The Morgan fingerprint density at radius 1 is 1.15 bits per heavy atom. The molecular formula is C10H8Cl2O. The predicted octanol–water partition coefficient (Wildman–Crippen LogP) is 3.51. The van der Waals surface area contributed by atoms with Crippen molar-refractivity contribution in [3.8, 4) is 0 Å². The van der Waals surface area contributed by atoms with Gasteiger partial charge in [-0.25, -0.2) is 0 Å². The predicted molar refractivity (Wildman–Crippen MR) is 53.7 cm³/mol. The van der Waals surface area contributed by atoms with E-state index in [2.05, 4.69) is 0 Å². The third kappa shape index (κ3) is 1.59. The van der Waals surface area contributed by atoms with Crippen molar-refractivity contribution < 1.29 is 4.79 Å². The molecule has 0 fully saturated rings. The van der Waals surface area contributed by atoms with Gasteiger partial charge in [0.05, 0.1) is 5.02 Å². The maximum Gasteiger partial charge on any atom is 0.164 e. The fourth-order valence-electron chi connectivity index (χ4n) is 1.70. The molecule has 0 radical (unpaired) electrons. The van der Waals surface area contributed by atoms with E-state index in [1.165, 1.54) is 0 Å². The van der Waals surface area contributed by atoms with Crippen LogP contribution in [0.15, 0.2) is 12.1 Å². The van der Waals surface area contributed by atoms with Crippen LogP contribution in [0.3, 0.4) is 0 Å². The number of halogens is 2. The molecule has 0 N–H and O–H groups in total. The van der Waals surface area contributed by atoms with Crippen LogP contribution in [0.4, 0.5) is 0 Å². The number of aryl methyl sites for hydroxylation is 1. The van der Waals surface area contributed by atoms with E-state index >= 15 is 0 Å². The standard InChI is InChI=1S/C10H8Cl2O/c11-7-4-6-2-1-3-9(13)10(6)8(12)5-7/h4-5H,1-3H2. The second-order valence-electron chi connectivity index (χ2n) is 3.20. The second kappa shape index (κ2) is 3.32. The topological polar surface area (TPSA) is 17.1 Å². The second-order valence-corrected chi connectivity index (χ2v) is 4.04. The van der Waals surface area contributed by atoms with Crippen molar-refractivity contribution >= 4 is 29.0 Å².